The molecule has 9 nitrogen and oxygen atoms in total. The van der Waals surface area contributed by atoms with E-state index in [4.69, 9.17) is 15.6 Å². The Morgan fingerprint density at radius 1 is 1.55 bits per heavy atom. The van der Waals surface area contributed by atoms with Gasteiger partial charge in [-0.1, -0.05) is 0 Å². The molecule has 20 heavy (non-hydrogen) atoms. The van der Waals surface area contributed by atoms with Gasteiger partial charge >= 0.3 is 5.69 Å². The molecule has 2 amide bonds. The number of methoxy groups -OCH3 is 1. The van der Waals surface area contributed by atoms with Gasteiger partial charge in [-0.2, -0.15) is 0 Å². The zero-order valence-electron chi connectivity index (χ0n) is 10.5. The lowest BCUT2D eigenvalue weighted by Gasteiger charge is -2.09. The molecule has 1 unspecified atom stereocenters. The van der Waals surface area contributed by atoms with Crippen LogP contribution in [0.5, 0.6) is 5.75 Å². The van der Waals surface area contributed by atoms with E-state index in [1.165, 1.54) is 19.2 Å². The van der Waals surface area contributed by atoms with Crippen molar-refractivity contribution in [1.29, 1.82) is 0 Å². The smallest absolute Gasteiger partial charge is 0.310 e. The van der Waals surface area contributed by atoms with Crippen molar-refractivity contribution in [3.63, 3.8) is 0 Å². The van der Waals surface area contributed by atoms with Gasteiger partial charge < -0.3 is 20.9 Å². The minimum absolute atomic E-state index is 0.0712. The quantitative estimate of drug-likeness (QED) is 0.459. The number of carbonyl (C=O) groups is 2. The number of hydrogen-bond acceptors (Lipinski definition) is 6. The van der Waals surface area contributed by atoms with Crippen molar-refractivity contribution in [3.05, 3.63) is 33.9 Å². The van der Waals surface area contributed by atoms with E-state index in [1.54, 1.807) is 0 Å². The summed E-state index contributed by atoms with van der Waals surface area (Å²) in [6.07, 6.45) is -1.50. The Morgan fingerprint density at radius 2 is 2.20 bits per heavy atom. The molecule has 108 valence electrons. The number of hydrogen-bond donors (Lipinski definition) is 3. The number of rotatable bonds is 6. The highest BCUT2D eigenvalue weighted by Crippen LogP contribution is 2.27. The molecular weight excluding hydrogens is 270 g/mol. The Bertz CT molecular complexity index is 545. The number of carbonyl (C=O) groups excluding carboxylic acids is 2. The molecule has 0 aliphatic rings. The number of nitro groups is 1. The van der Waals surface area contributed by atoms with E-state index in [9.17, 15) is 19.7 Å². The minimum atomic E-state index is -1.50. The molecule has 0 bridgehead atoms. The van der Waals surface area contributed by atoms with Gasteiger partial charge in [-0.05, 0) is 6.07 Å². The zero-order chi connectivity index (χ0) is 15.3. The van der Waals surface area contributed by atoms with Crippen LogP contribution < -0.4 is 15.8 Å². The van der Waals surface area contributed by atoms with E-state index >= 15 is 0 Å². The number of ether oxygens (including phenoxy) is 1. The Balaban J connectivity index is 2.84. The van der Waals surface area contributed by atoms with Crippen molar-refractivity contribution in [2.75, 3.05) is 13.7 Å². The molecule has 0 spiro atoms. The van der Waals surface area contributed by atoms with Crippen LogP contribution in [0.4, 0.5) is 5.69 Å². The van der Waals surface area contributed by atoms with E-state index in [-0.39, 0.29) is 23.5 Å². The van der Waals surface area contributed by atoms with Crippen molar-refractivity contribution in [2.45, 2.75) is 6.10 Å². The number of amides is 2. The summed E-state index contributed by atoms with van der Waals surface area (Å²) in [5.74, 6) is -1.66. The normalized spacial score (nSPS) is 11.5. The predicted molar refractivity (Wildman–Crippen MR) is 67.2 cm³/mol. The van der Waals surface area contributed by atoms with Crippen LogP contribution in [0, 0.1) is 10.1 Å². The maximum atomic E-state index is 11.7. The van der Waals surface area contributed by atoms with Crippen LogP contribution in [0.15, 0.2) is 18.2 Å². The van der Waals surface area contributed by atoms with Crippen molar-refractivity contribution >= 4 is 17.5 Å². The first-order valence-electron chi connectivity index (χ1n) is 5.44. The lowest BCUT2D eigenvalue weighted by Crippen LogP contribution is -2.39. The summed E-state index contributed by atoms with van der Waals surface area (Å²) in [4.78, 5) is 32.4. The van der Waals surface area contributed by atoms with Gasteiger partial charge in [-0.15, -0.1) is 0 Å². The second-order valence-corrected chi connectivity index (χ2v) is 3.77. The summed E-state index contributed by atoms with van der Waals surface area (Å²) in [5, 5.41) is 22.1. The molecular formula is C11H13N3O6. The number of aliphatic hydroxyl groups is 1. The molecule has 1 atom stereocenters. The first-order chi connectivity index (χ1) is 9.36. The summed E-state index contributed by atoms with van der Waals surface area (Å²) in [7, 11) is 1.24. The number of primary amides is 1. The summed E-state index contributed by atoms with van der Waals surface area (Å²) in [5.41, 5.74) is 4.63. The van der Waals surface area contributed by atoms with Crippen molar-refractivity contribution < 1.29 is 24.4 Å². The zero-order valence-corrected chi connectivity index (χ0v) is 10.5. The number of nitrogens with one attached hydrogen (secondary N) is 1. The van der Waals surface area contributed by atoms with Gasteiger partial charge in [0, 0.05) is 17.7 Å². The Hall–Kier alpha value is -2.68. The fraction of sp³-hybridized carbons (Fsp3) is 0.273. The van der Waals surface area contributed by atoms with Gasteiger partial charge in [0.05, 0.1) is 18.6 Å². The van der Waals surface area contributed by atoms with Gasteiger partial charge in [0.15, 0.2) is 5.75 Å². The molecule has 0 aliphatic heterocycles. The molecule has 0 saturated heterocycles. The SMILES string of the molecule is COc1cc(C(=O)NCC(O)C(N)=O)ccc1[N+](=O)[O-]. The van der Waals surface area contributed by atoms with Gasteiger partial charge in [-0.25, -0.2) is 0 Å². The van der Waals surface area contributed by atoms with Crippen LogP contribution in [0.1, 0.15) is 10.4 Å². The van der Waals surface area contributed by atoms with Crippen LogP contribution >= 0.6 is 0 Å². The second kappa shape index (κ2) is 6.48. The Labute approximate surface area is 113 Å². The van der Waals surface area contributed by atoms with Crippen molar-refractivity contribution in [3.8, 4) is 5.75 Å². The van der Waals surface area contributed by atoms with E-state index in [2.05, 4.69) is 5.32 Å². The number of nitrogens with zero attached hydrogens (tertiary/aromatic N) is 1. The Morgan fingerprint density at radius 3 is 2.70 bits per heavy atom. The monoisotopic (exact) mass is 283 g/mol. The summed E-state index contributed by atoms with van der Waals surface area (Å²) >= 11 is 0. The van der Waals surface area contributed by atoms with Crippen LogP contribution in [-0.2, 0) is 4.79 Å². The number of nitro benzene ring substituents is 1. The highest BCUT2D eigenvalue weighted by Gasteiger charge is 2.18. The molecule has 9 heteroatoms. The highest BCUT2D eigenvalue weighted by atomic mass is 16.6. The standard InChI is InChI=1S/C11H13N3O6/c1-20-9-4-6(2-3-7(9)14(18)19)11(17)13-5-8(15)10(12)16/h2-4,8,15H,5H2,1H3,(H2,12,16)(H,13,17). The average Bonchev–Trinajstić information content (AvgIpc) is 2.43. The topological polar surface area (TPSA) is 145 Å². The predicted octanol–water partition coefficient (Wildman–Crippen LogP) is -0.821. The molecule has 1 rings (SSSR count). The third-order valence-electron chi connectivity index (χ3n) is 2.42. The van der Waals surface area contributed by atoms with Crippen molar-refractivity contribution in [1.82, 2.24) is 5.32 Å². The van der Waals surface area contributed by atoms with Gasteiger partial charge in [0.1, 0.15) is 6.10 Å². The molecule has 0 fully saturated rings. The van der Waals surface area contributed by atoms with Gasteiger partial charge in [0.2, 0.25) is 5.91 Å². The average molecular weight is 283 g/mol. The molecule has 0 aliphatic carbocycles. The third kappa shape index (κ3) is 3.65. The number of aliphatic hydroxyl groups excluding tert-OH is 1. The third-order valence-corrected chi connectivity index (χ3v) is 2.42. The molecule has 0 aromatic heterocycles. The first kappa shape index (κ1) is 15.4. The second-order valence-electron chi connectivity index (χ2n) is 3.77. The van der Waals surface area contributed by atoms with E-state index in [0.717, 1.165) is 6.07 Å². The maximum Gasteiger partial charge on any atom is 0.310 e. The summed E-state index contributed by atoms with van der Waals surface area (Å²) < 4.78 is 4.82. The van der Waals surface area contributed by atoms with E-state index < -0.39 is 22.8 Å². The van der Waals surface area contributed by atoms with Crippen molar-refractivity contribution in [2.24, 2.45) is 5.73 Å². The largest absolute Gasteiger partial charge is 0.490 e. The number of nitrogens with two attached hydrogens (primary N) is 1. The fourth-order valence-corrected chi connectivity index (χ4v) is 1.36. The van der Waals surface area contributed by atoms with Crippen LogP contribution in [0.25, 0.3) is 0 Å². The highest BCUT2D eigenvalue weighted by molar-refractivity contribution is 5.95. The van der Waals surface area contributed by atoms with Gasteiger partial charge in [0.25, 0.3) is 5.91 Å². The lowest BCUT2D eigenvalue weighted by atomic mass is 10.1. The maximum absolute atomic E-state index is 11.7. The molecule has 0 heterocycles. The first-order valence-corrected chi connectivity index (χ1v) is 5.44. The fourth-order valence-electron chi connectivity index (χ4n) is 1.36. The number of benzene rings is 1. The van der Waals surface area contributed by atoms with Crippen LogP contribution in [0.2, 0.25) is 0 Å². The minimum Gasteiger partial charge on any atom is -0.490 e. The van der Waals surface area contributed by atoms with E-state index in [0.29, 0.717) is 0 Å². The Kier molecular flexibility index (Phi) is 4.98. The lowest BCUT2D eigenvalue weighted by molar-refractivity contribution is -0.385. The van der Waals surface area contributed by atoms with Crippen LogP contribution in [-0.4, -0.2) is 41.6 Å². The van der Waals surface area contributed by atoms with Gasteiger partial charge in [-0.3, -0.25) is 19.7 Å². The molecule has 1 aromatic rings. The molecule has 4 N–H and O–H groups in total. The van der Waals surface area contributed by atoms with Crippen LogP contribution in [0.3, 0.4) is 0 Å². The van der Waals surface area contributed by atoms with E-state index in [1.807, 2.05) is 0 Å². The molecule has 0 radical (unpaired) electrons. The molecule has 1 aromatic carbocycles. The molecule has 0 saturated carbocycles. The summed E-state index contributed by atoms with van der Waals surface area (Å²) in [6, 6.07) is 3.54. The summed E-state index contributed by atoms with van der Waals surface area (Å²) in [6.45, 7) is -0.354.